The fourth-order valence-corrected chi connectivity index (χ4v) is 3.01. The highest BCUT2D eigenvalue weighted by atomic mass is 16.4. The van der Waals surface area contributed by atoms with E-state index in [2.05, 4.69) is 6.92 Å². The van der Waals surface area contributed by atoms with Crippen LogP contribution in [0, 0.1) is 19.8 Å². The second kappa shape index (κ2) is 6.29. The molecule has 2 atom stereocenters. The van der Waals surface area contributed by atoms with Crippen LogP contribution >= 0.6 is 0 Å². The number of nitrogens with zero attached hydrogens (tertiary/aromatic N) is 1. The van der Waals surface area contributed by atoms with Gasteiger partial charge < -0.3 is 10.0 Å². The van der Waals surface area contributed by atoms with E-state index in [0.717, 1.165) is 24.0 Å². The van der Waals surface area contributed by atoms with Gasteiger partial charge in [-0.1, -0.05) is 31.0 Å². The molecular weight excluding hydrogens is 266 g/mol. The number of aliphatic carboxylic acids is 1. The van der Waals surface area contributed by atoms with Crippen LogP contribution in [-0.4, -0.2) is 34.5 Å². The summed E-state index contributed by atoms with van der Waals surface area (Å²) in [5, 5.41) is 9.45. The fraction of sp³-hybridized carbons (Fsp3) is 0.529. The molecule has 0 spiro atoms. The Balaban J connectivity index is 2.28. The van der Waals surface area contributed by atoms with Gasteiger partial charge in [0, 0.05) is 12.1 Å². The summed E-state index contributed by atoms with van der Waals surface area (Å²) in [6, 6.07) is 5.03. The Morgan fingerprint density at radius 3 is 2.67 bits per heavy atom. The number of carboxylic acid groups (broad SMARTS) is 1. The van der Waals surface area contributed by atoms with E-state index in [0.29, 0.717) is 24.4 Å². The number of hydrogen-bond acceptors (Lipinski definition) is 2. The zero-order valence-electron chi connectivity index (χ0n) is 12.9. The Hall–Kier alpha value is -1.84. The van der Waals surface area contributed by atoms with Gasteiger partial charge in [0.2, 0.25) is 0 Å². The van der Waals surface area contributed by atoms with Gasteiger partial charge in [-0.3, -0.25) is 4.79 Å². The molecule has 2 rings (SSSR count). The summed E-state index contributed by atoms with van der Waals surface area (Å²) in [6.07, 6.45) is 2.41. The van der Waals surface area contributed by atoms with E-state index in [-0.39, 0.29) is 5.91 Å². The van der Waals surface area contributed by atoms with Crippen LogP contribution in [0.15, 0.2) is 18.2 Å². The minimum atomic E-state index is -0.896. The third-order valence-electron chi connectivity index (χ3n) is 4.46. The zero-order valence-corrected chi connectivity index (χ0v) is 12.9. The highest BCUT2D eigenvalue weighted by Crippen LogP contribution is 2.27. The third kappa shape index (κ3) is 3.26. The van der Waals surface area contributed by atoms with Crippen molar-refractivity contribution in [1.29, 1.82) is 0 Å². The van der Waals surface area contributed by atoms with Gasteiger partial charge in [-0.25, -0.2) is 4.79 Å². The Bertz CT molecular complexity index is 553. The molecule has 1 N–H and O–H groups in total. The molecule has 0 aliphatic carbocycles. The van der Waals surface area contributed by atoms with Crippen molar-refractivity contribution < 1.29 is 14.7 Å². The summed E-state index contributed by atoms with van der Waals surface area (Å²) >= 11 is 0. The van der Waals surface area contributed by atoms with E-state index in [4.69, 9.17) is 0 Å². The van der Waals surface area contributed by atoms with Gasteiger partial charge in [0.1, 0.15) is 6.04 Å². The Kier molecular flexibility index (Phi) is 4.66. The number of carbonyl (C=O) groups is 2. The molecule has 2 unspecified atom stereocenters. The smallest absolute Gasteiger partial charge is 0.326 e. The lowest BCUT2D eigenvalue weighted by Crippen LogP contribution is -2.50. The molecular formula is C17H23NO3. The van der Waals surface area contributed by atoms with E-state index in [1.165, 1.54) is 4.90 Å². The molecule has 114 valence electrons. The summed E-state index contributed by atoms with van der Waals surface area (Å²) in [5.41, 5.74) is 2.53. The quantitative estimate of drug-likeness (QED) is 0.930. The molecule has 4 heteroatoms. The van der Waals surface area contributed by atoms with Gasteiger partial charge in [-0.2, -0.15) is 0 Å². The van der Waals surface area contributed by atoms with Crippen molar-refractivity contribution >= 4 is 11.9 Å². The predicted molar refractivity (Wildman–Crippen MR) is 81.4 cm³/mol. The Morgan fingerprint density at radius 1 is 1.33 bits per heavy atom. The van der Waals surface area contributed by atoms with Crippen LogP contribution in [0.4, 0.5) is 0 Å². The summed E-state index contributed by atoms with van der Waals surface area (Å²) in [5.74, 6) is -0.654. The maximum atomic E-state index is 12.7. The monoisotopic (exact) mass is 289 g/mol. The number of carboxylic acids is 1. The van der Waals surface area contributed by atoms with Gasteiger partial charge in [-0.15, -0.1) is 0 Å². The topological polar surface area (TPSA) is 57.6 Å². The average Bonchev–Trinajstić information content (AvgIpc) is 2.48. The van der Waals surface area contributed by atoms with Gasteiger partial charge in [0.05, 0.1) is 0 Å². The van der Waals surface area contributed by atoms with Crippen LogP contribution in [0.3, 0.4) is 0 Å². The molecule has 1 aliphatic rings. The lowest BCUT2D eigenvalue weighted by Gasteiger charge is -2.37. The minimum Gasteiger partial charge on any atom is -0.480 e. The number of hydrogen-bond donors (Lipinski definition) is 1. The molecule has 1 aliphatic heterocycles. The van der Waals surface area contributed by atoms with E-state index in [1.807, 2.05) is 32.0 Å². The highest BCUT2D eigenvalue weighted by molar-refractivity contribution is 5.98. The number of aryl methyl sites for hydroxylation is 2. The Labute approximate surface area is 125 Å². The molecule has 0 radical (unpaired) electrons. The SMILES string of the molecule is CCC1CCN(C(=O)c2cc(C)ccc2C)C(C(=O)O)C1. The molecule has 1 amide bonds. The summed E-state index contributed by atoms with van der Waals surface area (Å²) in [4.78, 5) is 25.8. The zero-order chi connectivity index (χ0) is 15.6. The van der Waals surface area contributed by atoms with Crippen molar-refractivity contribution in [2.24, 2.45) is 5.92 Å². The van der Waals surface area contributed by atoms with Gasteiger partial charge in [-0.05, 0) is 44.2 Å². The minimum absolute atomic E-state index is 0.154. The van der Waals surface area contributed by atoms with E-state index in [1.54, 1.807) is 0 Å². The lowest BCUT2D eigenvalue weighted by molar-refractivity contribution is -0.144. The number of likely N-dealkylation sites (tertiary alicyclic amines) is 1. The standard InChI is InChI=1S/C17H23NO3/c1-4-13-7-8-18(15(10-13)17(20)21)16(19)14-9-11(2)5-6-12(14)3/h5-6,9,13,15H,4,7-8,10H2,1-3H3,(H,20,21). The predicted octanol–water partition coefficient (Wildman–Crippen LogP) is 3.02. The Morgan fingerprint density at radius 2 is 2.05 bits per heavy atom. The van der Waals surface area contributed by atoms with Crippen molar-refractivity contribution in [3.8, 4) is 0 Å². The first-order valence-corrected chi connectivity index (χ1v) is 7.55. The van der Waals surface area contributed by atoms with Crippen LogP contribution in [0.5, 0.6) is 0 Å². The van der Waals surface area contributed by atoms with Crippen LogP contribution in [0.25, 0.3) is 0 Å². The van der Waals surface area contributed by atoms with Gasteiger partial charge in [0.25, 0.3) is 5.91 Å². The molecule has 1 aromatic rings. The van der Waals surface area contributed by atoms with E-state index in [9.17, 15) is 14.7 Å². The van der Waals surface area contributed by atoms with Crippen molar-refractivity contribution in [2.45, 2.75) is 46.1 Å². The van der Waals surface area contributed by atoms with E-state index < -0.39 is 12.0 Å². The number of carbonyl (C=O) groups excluding carboxylic acids is 1. The summed E-state index contributed by atoms with van der Waals surface area (Å²) < 4.78 is 0. The van der Waals surface area contributed by atoms with Crippen LogP contribution < -0.4 is 0 Å². The highest BCUT2D eigenvalue weighted by Gasteiger charge is 2.36. The third-order valence-corrected chi connectivity index (χ3v) is 4.46. The molecule has 0 saturated carbocycles. The maximum absolute atomic E-state index is 12.7. The number of amides is 1. The summed E-state index contributed by atoms with van der Waals surface area (Å²) in [6.45, 7) is 6.43. The second-order valence-corrected chi connectivity index (χ2v) is 5.97. The molecule has 1 heterocycles. The summed E-state index contributed by atoms with van der Waals surface area (Å²) in [7, 11) is 0. The van der Waals surface area contributed by atoms with Crippen molar-refractivity contribution in [1.82, 2.24) is 4.90 Å². The fourth-order valence-electron chi connectivity index (χ4n) is 3.01. The average molecular weight is 289 g/mol. The van der Waals surface area contributed by atoms with Crippen LogP contribution in [0.1, 0.15) is 47.7 Å². The normalized spacial score (nSPS) is 22.1. The number of benzene rings is 1. The van der Waals surface area contributed by atoms with Gasteiger partial charge >= 0.3 is 5.97 Å². The second-order valence-electron chi connectivity index (χ2n) is 5.97. The molecule has 21 heavy (non-hydrogen) atoms. The molecule has 0 aromatic heterocycles. The van der Waals surface area contributed by atoms with Gasteiger partial charge in [0.15, 0.2) is 0 Å². The van der Waals surface area contributed by atoms with Crippen molar-refractivity contribution in [2.75, 3.05) is 6.54 Å². The molecule has 0 bridgehead atoms. The molecule has 1 aromatic carbocycles. The van der Waals surface area contributed by atoms with Crippen molar-refractivity contribution in [3.63, 3.8) is 0 Å². The largest absolute Gasteiger partial charge is 0.480 e. The first-order valence-electron chi connectivity index (χ1n) is 7.55. The maximum Gasteiger partial charge on any atom is 0.326 e. The number of rotatable bonds is 3. The van der Waals surface area contributed by atoms with E-state index >= 15 is 0 Å². The first kappa shape index (κ1) is 15.5. The van der Waals surface area contributed by atoms with Crippen molar-refractivity contribution in [3.05, 3.63) is 34.9 Å². The molecule has 1 saturated heterocycles. The van der Waals surface area contributed by atoms with Crippen LogP contribution in [-0.2, 0) is 4.79 Å². The van der Waals surface area contributed by atoms with Crippen LogP contribution in [0.2, 0.25) is 0 Å². The number of piperidine rings is 1. The molecule has 1 fully saturated rings. The lowest BCUT2D eigenvalue weighted by atomic mass is 9.88. The molecule has 4 nitrogen and oxygen atoms in total. The first-order chi connectivity index (χ1) is 9.93.